The van der Waals surface area contributed by atoms with Crippen LogP contribution in [0.1, 0.15) is 45.2 Å². The largest absolute Gasteiger partial charge is 0.500 e. The van der Waals surface area contributed by atoms with Crippen LogP contribution >= 0.6 is 0 Å². The van der Waals surface area contributed by atoms with Gasteiger partial charge in [0.05, 0.1) is 11.2 Å². The quantitative estimate of drug-likeness (QED) is 0.474. The first kappa shape index (κ1) is 22.4. The van der Waals surface area contributed by atoms with E-state index in [1.807, 2.05) is 72.8 Å². The van der Waals surface area contributed by atoms with Gasteiger partial charge in [0, 0.05) is 11.5 Å². The summed E-state index contributed by atoms with van der Waals surface area (Å²) in [7, 11) is -0.559. The molecule has 166 valence electrons. The van der Waals surface area contributed by atoms with Crippen LogP contribution in [-0.2, 0) is 22.5 Å². The highest BCUT2D eigenvalue weighted by atomic mass is 16.7. The Bertz CT molecular complexity index is 1030. The minimum Gasteiger partial charge on any atom is -0.473 e. The van der Waals surface area contributed by atoms with Crippen LogP contribution in [0.2, 0.25) is 0 Å². The van der Waals surface area contributed by atoms with Gasteiger partial charge in [-0.2, -0.15) is 4.98 Å². The predicted molar refractivity (Wildman–Crippen MR) is 126 cm³/mol. The molecule has 2 aromatic carbocycles. The molecule has 0 saturated carbocycles. The van der Waals surface area contributed by atoms with Crippen molar-refractivity contribution < 1.29 is 18.8 Å². The summed E-state index contributed by atoms with van der Waals surface area (Å²) in [5.41, 5.74) is 2.05. The number of rotatable bonds is 8. The van der Waals surface area contributed by atoms with Crippen molar-refractivity contribution in [2.75, 3.05) is 0 Å². The van der Waals surface area contributed by atoms with Gasteiger partial charge in [-0.05, 0) is 38.3 Å². The predicted octanol–water partition coefficient (Wildman–Crippen LogP) is 4.93. The number of aromatic nitrogens is 1. The highest BCUT2D eigenvalue weighted by Gasteiger charge is 2.54. The van der Waals surface area contributed by atoms with Crippen molar-refractivity contribution in [2.45, 2.75) is 58.5 Å². The number of benzene rings is 2. The summed E-state index contributed by atoms with van der Waals surface area (Å²) in [6, 6.07) is 23.8. The van der Waals surface area contributed by atoms with Crippen LogP contribution in [0.5, 0.6) is 11.8 Å². The number of nitrogens with zero attached hydrogens (tertiary/aromatic N) is 1. The lowest BCUT2D eigenvalue weighted by Crippen LogP contribution is -2.44. The van der Waals surface area contributed by atoms with Gasteiger partial charge in [0.15, 0.2) is 0 Å². The fourth-order valence-corrected chi connectivity index (χ4v) is 3.70. The third-order valence-electron chi connectivity index (χ3n) is 6.28. The van der Waals surface area contributed by atoms with Crippen LogP contribution in [0.25, 0.3) is 0 Å². The summed E-state index contributed by atoms with van der Waals surface area (Å²) >= 11 is 0. The van der Waals surface area contributed by atoms with Crippen LogP contribution in [0.4, 0.5) is 0 Å². The third kappa shape index (κ3) is 4.82. The lowest BCUT2D eigenvalue weighted by Gasteiger charge is -2.35. The van der Waals surface area contributed by atoms with Crippen molar-refractivity contribution in [2.24, 2.45) is 0 Å². The van der Waals surface area contributed by atoms with Gasteiger partial charge in [0.25, 0.3) is 0 Å². The van der Waals surface area contributed by atoms with E-state index in [0.717, 1.165) is 23.0 Å². The van der Waals surface area contributed by atoms with Gasteiger partial charge in [0.1, 0.15) is 13.2 Å². The number of hydrogen-bond donors (Lipinski definition) is 0. The molecule has 5 nitrogen and oxygen atoms in total. The van der Waals surface area contributed by atoms with Gasteiger partial charge < -0.3 is 18.8 Å². The summed E-state index contributed by atoms with van der Waals surface area (Å²) in [4.78, 5) is 4.66. The van der Waals surface area contributed by atoms with E-state index in [-0.39, 0.29) is 0 Å². The van der Waals surface area contributed by atoms with E-state index >= 15 is 0 Å². The smallest absolute Gasteiger partial charge is 0.473 e. The van der Waals surface area contributed by atoms with Crippen molar-refractivity contribution in [1.82, 2.24) is 4.98 Å². The Labute approximate surface area is 190 Å². The second kappa shape index (κ2) is 9.35. The molecule has 1 fully saturated rings. The van der Waals surface area contributed by atoms with Crippen LogP contribution in [0.3, 0.4) is 0 Å². The molecule has 0 aliphatic carbocycles. The standard InChI is InChI=1S/C26H30BNO4/c1-5-26(4)25(2,3)31-27(32-26)22-16-17-23(29-18-20-12-8-6-9-13-20)28-24(22)30-19-21-14-10-7-11-15-21/h6-17H,5,18-19H2,1-4H3. The molecule has 0 spiro atoms. The molecule has 0 radical (unpaired) electrons. The lowest BCUT2D eigenvalue weighted by molar-refractivity contribution is -0.0118. The maximum atomic E-state index is 6.38. The lowest BCUT2D eigenvalue weighted by atomic mass is 9.79. The van der Waals surface area contributed by atoms with E-state index in [2.05, 4.69) is 32.7 Å². The molecule has 2 heterocycles. The molecule has 1 aliphatic heterocycles. The number of hydrogen-bond acceptors (Lipinski definition) is 5. The van der Waals surface area contributed by atoms with Gasteiger partial charge in [-0.15, -0.1) is 0 Å². The Kier molecular flexibility index (Phi) is 6.54. The molecule has 6 heteroatoms. The second-order valence-corrected chi connectivity index (χ2v) is 8.75. The molecular formula is C26H30BNO4. The minimum atomic E-state index is -0.559. The molecule has 0 amide bonds. The first-order chi connectivity index (χ1) is 15.4. The number of ether oxygens (including phenoxy) is 2. The molecule has 1 aliphatic rings. The SMILES string of the molecule is CCC1(C)OB(c2ccc(OCc3ccccc3)nc2OCc2ccccc2)OC1(C)C. The Morgan fingerprint density at radius 2 is 1.38 bits per heavy atom. The highest BCUT2D eigenvalue weighted by molar-refractivity contribution is 6.63. The third-order valence-corrected chi connectivity index (χ3v) is 6.28. The van der Waals surface area contributed by atoms with Crippen LogP contribution in [-0.4, -0.2) is 23.3 Å². The maximum absolute atomic E-state index is 6.38. The molecule has 1 saturated heterocycles. The molecule has 0 bridgehead atoms. The van der Waals surface area contributed by atoms with Gasteiger partial charge in [-0.25, -0.2) is 0 Å². The van der Waals surface area contributed by atoms with Crippen molar-refractivity contribution >= 4 is 12.6 Å². The molecule has 1 aromatic heterocycles. The molecule has 32 heavy (non-hydrogen) atoms. The summed E-state index contributed by atoms with van der Waals surface area (Å²) in [6.07, 6.45) is 0.836. The van der Waals surface area contributed by atoms with E-state index in [1.54, 1.807) is 0 Å². The van der Waals surface area contributed by atoms with Crippen molar-refractivity contribution in [3.05, 3.63) is 83.9 Å². The molecule has 4 rings (SSSR count). The van der Waals surface area contributed by atoms with Crippen molar-refractivity contribution in [3.63, 3.8) is 0 Å². The summed E-state index contributed by atoms with van der Waals surface area (Å²) in [5, 5.41) is 0. The first-order valence-corrected chi connectivity index (χ1v) is 11.1. The van der Waals surface area contributed by atoms with E-state index in [0.29, 0.717) is 25.0 Å². The Morgan fingerprint density at radius 1 is 0.781 bits per heavy atom. The molecule has 1 unspecified atom stereocenters. The van der Waals surface area contributed by atoms with E-state index in [1.165, 1.54) is 0 Å². The molecule has 3 aromatic rings. The zero-order valence-corrected chi connectivity index (χ0v) is 19.2. The van der Waals surface area contributed by atoms with Gasteiger partial charge in [0.2, 0.25) is 11.8 Å². The molecule has 0 N–H and O–H groups in total. The van der Waals surface area contributed by atoms with Gasteiger partial charge in [-0.1, -0.05) is 73.7 Å². The Morgan fingerprint density at radius 3 is 1.94 bits per heavy atom. The molecular weight excluding hydrogens is 401 g/mol. The summed E-state index contributed by atoms with van der Waals surface area (Å²) in [5.74, 6) is 0.955. The zero-order chi connectivity index (χ0) is 22.6. The van der Waals surface area contributed by atoms with Crippen molar-refractivity contribution in [3.8, 4) is 11.8 Å². The highest BCUT2D eigenvalue weighted by Crippen LogP contribution is 2.40. The van der Waals surface area contributed by atoms with E-state index < -0.39 is 18.3 Å². The average Bonchev–Trinajstić information content (AvgIpc) is 3.06. The monoisotopic (exact) mass is 431 g/mol. The topological polar surface area (TPSA) is 49.8 Å². The van der Waals surface area contributed by atoms with E-state index in [4.69, 9.17) is 18.8 Å². The number of pyridine rings is 1. The molecule has 1 atom stereocenters. The Hall–Kier alpha value is -2.83. The van der Waals surface area contributed by atoms with Crippen LogP contribution in [0.15, 0.2) is 72.8 Å². The van der Waals surface area contributed by atoms with Crippen LogP contribution in [0, 0.1) is 0 Å². The van der Waals surface area contributed by atoms with Gasteiger partial charge >= 0.3 is 7.12 Å². The maximum Gasteiger partial charge on any atom is 0.500 e. The average molecular weight is 431 g/mol. The fourth-order valence-electron chi connectivity index (χ4n) is 3.70. The van der Waals surface area contributed by atoms with E-state index in [9.17, 15) is 0 Å². The van der Waals surface area contributed by atoms with Crippen molar-refractivity contribution in [1.29, 1.82) is 0 Å². The fraction of sp³-hybridized carbons (Fsp3) is 0.346. The minimum absolute atomic E-state index is 0.393. The summed E-state index contributed by atoms with van der Waals surface area (Å²) in [6.45, 7) is 9.14. The normalized spacial score (nSPS) is 19.7. The first-order valence-electron chi connectivity index (χ1n) is 11.1. The second-order valence-electron chi connectivity index (χ2n) is 8.75. The Balaban J connectivity index is 1.58. The zero-order valence-electron chi connectivity index (χ0n) is 19.2. The van der Waals surface area contributed by atoms with Gasteiger partial charge in [-0.3, -0.25) is 0 Å². The summed E-state index contributed by atoms with van der Waals surface area (Å²) < 4.78 is 24.8. The van der Waals surface area contributed by atoms with Crippen LogP contribution < -0.4 is 14.9 Å².